The van der Waals surface area contributed by atoms with Gasteiger partial charge in [0.25, 0.3) is 0 Å². The molecule has 1 aromatic carbocycles. The van der Waals surface area contributed by atoms with Crippen LogP contribution in [0, 0.1) is 12.3 Å². The first-order chi connectivity index (χ1) is 13.1. The molecule has 1 unspecified atom stereocenters. The van der Waals surface area contributed by atoms with E-state index in [4.69, 9.17) is 14.7 Å². The molecule has 1 N–H and O–H groups in total. The summed E-state index contributed by atoms with van der Waals surface area (Å²) in [6.07, 6.45) is 5.11. The van der Waals surface area contributed by atoms with Crippen molar-refractivity contribution in [3.8, 4) is 5.75 Å². The van der Waals surface area contributed by atoms with Gasteiger partial charge >= 0.3 is 0 Å². The number of fused-ring (bicyclic) bond motifs is 2. The second kappa shape index (κ2) is 7.47. The van der Waals surface area contributed by atoms with E-state index in [-0.39, 0.29) is 12.0 Å². The van der Waals surface area contributed by atoms with Gasteiger partial charge in [-0.15, -0.1) is 0 Å². The van der Waals surface area contributed by atoms with Gasteiger partial charge in [-0.1, -0.05) is 31.5 Å². The summed E-state index contributed by atoms with van der Waals surface area (Å²) in [7, 11) is 0. The van der Waals surface area contributed by atoms with E-state index in [0.29, 0.717) is 6.61 Å². The summed E-state index contributed by atoms with van der Waals surface area (Å²) < 4.78 is 6.02. The molecular formula is C22H29N3O2. The number of nitrogens with zero attached hydrogens (tertiary/aromatic N) is 3. The molecule has 0 aliphatic carbocycles. The summed E-state index contributed by atoms with van der Waals surface area (Å²) >= 11 is 0. The van der Waals surface area contributed by atoms with Gasteiger partial charge in [0, 0.05) is 30.5 Å². The first-order valence-electron chi connectivity index (χ1n) is 10.1. The van der Waals surface area contributed by atoms with E-state index in [1.165, 1.54) is 11.1 Å². The number of aromatic nitrogens is 2. The number of benzene rings is 1. The molecule has 2 aliphatic heterocycles. The summed E-state index contributed by atoms with van der Waals surface area (Å²) in [5.74, 6) is 2.76. The van der Waals surface area contributed by atoms with Gasteiger partial charge in [0.2, 0.25) is 0 Å². The van der Waals surface area contributed by atoms with Crippen molar-refractivity contribution in [2.45, 2.75) is 52.6 Å². The van der Waals surface area contributed by atoms with Gasteiger partial charge < -0.3 is 14.7 Å². The van der Waals surface area contributed by atoms with Crippen molar-refractivity contribution in [3.05, 3.63) is 46.9 Å². The number of piperidine rings is 1. The Morgan fingerprint density at radius 1 is 1.26 bits per heavy atom. The molecule has 0 spiro atoms. The van der Waals surface area contributed by atoms with E-state index < -0.39 is 0 Å². The van der Waals surface area contributed by atoms with Crippen LogP contribution in [0.5, 0.6) is 5.75 Å². The van der Waals surface area contributed by atoms with Gasteiger partial charge in [-0.05, 0) is 37.8 Å². The van der Waals surface area contributed by atoms with Crippen molar-refractivity contribution in [2.24, 2.45) is 5.41 Å². The third kappa shape index (κ3) is 3.53. The topological polar surface area (TPSA) is 58.5 Å². The maximum Gasteiger partial charge on any atom is 0.136 e. The number of hydrogen-bond acceptors (Lipinski definition) is 5. The van der Waals surface area contributed by atoms with E-state index in [2.05, 4.69) is 24.0 Å². The van der Waals surface area contributed by atoms with Crippen LogP contribution in [0.2, 0.25) is 0 Å². The first-order valence-corrected chi connectivity index (χ1v) is 10.1. The predicted molar refractivity (Wildman–Crippen MR) is 106 cm³/mol. The average molecular weight is 367 g/mol. The highest BCUT2D eigenvalue weighted by Crippen LogP contribution is 2.38. The van der Waals surface area contributed by atoms with Gasteiger partial charge in [0.1, 0.15) is 24.0 Å². The van der Waals surface area contributed by atoms with Crippen LogP contribution in [0.4, 0.5) is 5.82 Å². The molecule has 0 bridgehead atoms. The molecule has 0 radical (unpaired) electrons. The molecule has 1 fully saturated rings. The van der Waals surface area contributed by atoms with Crippen LogP contribution in [0.1, 0.15) is 55.3 Å². The molecule has 5 heteroatoms. The van der Waals surface area contributed by atoms with E-state index in [1.807, 2.05) is 19.1 Å². The Morgan fingerprint density at radius 3 is 2.93 bits per heavy atom. The largest absolute Gasteiger partial charge is 0.487 e. The highest BCUT2D eigenvalue weighted by atomic mass is 16.5. The number of aryl methyl sites for hydroxylation is 1. The number of para-hydroxylation sites is 1. The van der Waals surface area contributed by atoms with Crippen molar-refractivity contribution in [1.82, 2.24) is 9.97 Å². The minimum atomic E-state index is -0.0160. The quantitative estimate of drug-likeness (QED) is 0.894. The lowest BCUT2D eigenvalue weighted by molar-refractivity contribution is 0.0951. The Labute approximate surface area is 161 Å². The highest BCUT2D eigenvalue weighted by Gasteiger charge is 2.36. The lowest BCUT2D eigenvalue weighted by Crippen LogP contribution is -2.46. The molecule has 0 amide bonds. The molecule has 2 aromatic rings. The third-order valence-electron chi connectivity index (χ3n) is 5.96. The van der Waals surface area contributed by atoms with E-state index in [9.17, 15) is 5.11 Å². The predicted octanol–water partition coefficient (Wildman–Crippen LogP) is 3.65. The maximum absolute atomic E-state index is 10.1. The number of rotatable bonds is 4. The van der Waals surface area contributed by atoms with Gasteiger partial charge in [0.05, 0.1) is 12.3 Å². The Kier molecular flexibility index (Phi) is 5.04. The van der Waals surface area contributed by atoms with Gasteiger partial charge in [0.15, 0.2) is 0 Å². The zero-order valence-corrected chi connectivity index (χ0v) is 16.4. The summed E-state index contributed by atoms with van der Waals surface area (Å²) in [5.41, 5.74) is 3.34. The average Bonchev–Trinajstić information content (AvgIpc) is 2.87. The van der Waals surface area contributed by atoms with Crippen LogP contribution >= 0.6 is 0 Å². The minimum Gasteiger partial charge on any atom is -0.487 e. The lowest BCUT2D eigenvalue weighted by Gasteiger charge is -2.43. The van der Waals surface area contributed by atoms with E-state index >= 15 is 0 Å². The van der Waals surface area contributed by atoms with Crippen molar-refractivity contribution >= 4 is 5.82 Å². The smallest absolute Gasteiger partial charge is 0.136 e. The fraction of sp³-hybridized carbons (Fsp3) is 0.545. The second-order valence-electron chi connectivity index (χ2n) is 8.03. The normalized spacial score (nSPS) is 21.8. The van der Waals surface area contributed by atoms with Crippen molar-refractivity contribution in [2.75, 3.05) is 24.6 Å². The lowest BCUT2D eigenvalue weighted by atomic mass is 9.77. The fourth-order valence-corrected chi connectivity index (χ4v) is 4.66. The summed E-state index contributed by atoms with van der Waals surface area (Å²) in [5, 5.41) is 10.1. The molecule has 27 heavy (non-hydrogen) atoms. The van der Waals surface area contributed by atoms with Crippen molar-refractivity contribution in [3.63, 3.8) is 0 Å². The summed E-state index contributed by atoms with van der Waals surface area (Å²) in [6, 6.07) is 8.22. The van der Waals surface area contributed by atoms with E-state index in [0.717, 1.165) is 68.3 Å². The molecule has 1 saturated heterocycles. The first kappa shape index (κ1) is 18.2. The molecule has 4 rings (SSSR count). The third-order valence-corrected chi connectivity index (χ3v) is 5.96. The molecule has 5 nitrogen and oxygen atoms in total. The van der Waals surface area contributed by atoms with Crippen molar-refractivity contribution in [1.29, 1.82) is 0 Å². The molecule has 3 heterocycles. The second-order valence-corrected chi connectivity index (χ2v) is 8.03. The van der Waals surface area contributed by atoms with Crippen LogP contribution in [0.25, 0.3) is 0 Å². The summed E-state index contributed by atoms with van der Waals surface area (Å²) in [6.45, 7) is 6.73. The Hall–Kier alpha value is -2.14. The van der Waals surface area contributed by atoms with E-state index in [1.54, 1.807) is 0 Å². The maximum atomic E-state index is 10.1. The van der Waals surface area contributed by atoms with Crippen LogP contribution in [-0.4, -0.2) is 34.8 Å². The molecule has 144 valence electrons. The molecule has 0 saturated carbocycles. The Morgan fingerprint density at radius 2 is 2.11 bits per heavy atom. The molecular weight excluding hydrogens is 338 g/mol. The number of aliphatic hydroxyl groups is 1. The van der Waals surface area contributed by atoms with Gasteiger partial charge in [-0.3, -0.25) is 0 Å². The standard InChI is InChI=1S/C22H29N3O2/c1-3-9-22(15-26)10-6-11-25(14-22)21-18-12-17-7-4-5-8-20(17)27-13-19(18)23-16(2)24-21/h4-5,7-8,26H,3,6,9-15H2,1-2H3. The zero-order valence-electron chi connectivity index (χ0n) is 16.4. The molecule has 1 atom stereocenters. The van der Waals surface area contributed by atoms with Crippen LogP contribution in [-0.2, 0) is 13.0 Å². The van der Waals surface area contributed by atoms with Gasteiger partial charge in [-0.2, -0.15) is 0 Å². The van der Waals surface area contributed by atoms with Crippen molar-refractivity contribution < 1.29 is 9.84 Å². The number of anilines is 1. The summed E-state index contributed by atoms with van der Waals surface area (Å²) in [4.78, 5) is 11.9. The fourth-order valence-electron chi connectivity index (χ4n) is 4.66. The number of hydrogen-bond donors (Lipinski definition) is 1. The van der Waals surface area contributed by atoms with Gasteiger partial charge in [-0.25, -0.2) is 9.97 Å². The monoisotopic (exact) mass is 367 g/mol. The Bertz CT molecular complexity index is 819. The minimum absolute atomic E-state index is 0.0160. The van der Waals surface area contributed by atoms with Crippen LogP contribution in [0.3, 0.4) is 0 Å². The highest BCUT2D eigenvalue weighted by molar-refractivity contribution is 5.54. The number of aliphatic hydroxyl groups excluding tert-OH is 1. The van der Waals surface area contributed by atoms with Crippen LogP contribution in [0.15, 0.2) is 24.3 Å². The Balaban J connectivity index is 1.73. The number of ether oxygens (including phenoxy) is 1. The van der Waals surface area contributed by atoms with Crippen LogP contribution < -0.4 is 9.64 Å². The molecule has 1 aromatic heterocycles. The SMILES string of the molecule is CCCC1(CO)CCCN(c2nc(C)nc3c2Cc2ccccc2OC3)C1. The molecule has 2 aliphatic rings. The zero-order chi connectivity index (χ0) is 18.9.